The second-order valence-corrected chi connectivity index (χ2v) is 8.93. The molecule has 2 N–H and O–H groups in total. The van der Waals surface area contributed by atoms with Gasteiger partial charge in [0.2, 0.25) is 0 Å². The summed E-state index contributed by atoms with van der Waals surface area (Å²) in [6, 6.07) is 16.8. The average Bonchev–Trinajstić information content (AvgIpc) is 2.73. The van der Waals surface area contributed by atoms with Crippen LogP contribution in [0.25, 0.3) is 11.1 Å². The van der Waals surface area contributed by atoms with Crippen LogP contribution in [-0.4, -0.2) is 11.2 Å². The topological polar surface area (TPSA) is 48.1 Å². The van der Waals surface area contributed by atoms with E-state index in [4.69, 9.17) is 15.5 Å². The van der Waals surface area contributed by atoms with Gasteiger partial charge in [0, 0.05) is 28.4 Å². The van der Waals surface area contributed by atoms with Crippen molar-refractivity contribution in [1.29, 1.82) is 0 Å². The first-order valence-corrected chi connectivity index (χ1v) is 11.7. The third-order valence-corrected chi connectivity index (χ3v) is 6.06. The number of halogens is 2. The van der Waals surface area contributed by atoms with E-state index in [1.54, 1.807) is 11.8 Å². The minimum atomic E-state index is 0. The first-order chi connectivity index (χ1) is 14.4. The van der Waals surface area contributed by atoms with Gasteiger partial charge < -0.3 is 10.5 Å². The second-order valence-electron chi connectivity index (χ2n) is 8.08. The molecule has 0 aliphatic heterocycles. The number of ether oxygens (including phenoxy) is 1. The Morgan fingerprint density at radius 1 is 0.969 bits per heavy atom. The molecular weight excluding hydrogens is 459 g/mol. The molecule has 0 fully saturated rings. The first kappa shape index (κ1) is 28.3. The number of nitrogens with two attached hydrogens (primary N) is 1. The minimum absolute atomic E-state index is 0. The highest BCUT2D eigenvalue weighted by Crippen LogP contribution is 2.34. The summed E-state index contributed by atoms with van der Waals surface area (Å²) >= 11 is 1.69. The van der Waals surface area contributed by atoms with Gasteiger partial charge in [0.25, 0.3) is 0 Å². The fourth-order valence-corrected chi connectivity index (χ4v) is 4.30. The number of thioether (sulfide) groups is 1. The Balaban J connectivity index is 0.00000256. The van der Waals surface area contributed by atoms with Gasteiger partial charge in [-0.3, -0.25) is 4.98 Å². The molecule has 0 aliphatic carbocycles. The number of aromatic nitrogens is 1. The highest BCUT2D eigenvalue weighted by atomic mass is 35.5. The van der Waals surface area contributed by atoms with Crippen LogP contribution in [0.4, 0.5) is 0 Å². The maximum Gasteiger partial charge on any atom is 0.133 e. The fraction of sp³-hybridized carbons (Fsp3) is 0.346. The zero-order chi connectivity index (χ0) is 21.7. The molecule has 0 amide bonds. The zero-order valence-corrected chi connectivity index (χ0v) is 21.9. The lowest BCUT2D eigenvalue weighted by atomic mass is 9.90. The molecule has 32 heavy (non-hydrogen) atoms. The second kappa shape index (κ2) is 13.1. The van der Waals surface area contributed by atoms with Crippen molar-refractivity contribution in [3.63, 3.8) is 0 Å². The molecule has 3 rings (SSSR count). The number of hydrogen-bond acceptors (Lipinski definition) is 4. The average molecular weight is 494 g/mol. The van der Waals surface area contributed by atoms with Crippen LogP contribution in [0, 0.1) is 19.8 Å². The van der Waals surface area contributed by atoms with Gasteiger partial charge in [-0.25, -0.2) is 0 Å². The van der Waals surface area contributed by atoms with Crippen molar-refractivity contribution >= 4 is 36.6 Å². The van der Waals surface area contributed by atoms with E-state index in [2.05, 4.69) is 64.3 Å². The molecule has 0 spiro atoms. The van der Waals surface area contributed by atoms with E-state index in [1.165, 1.54) is 16.7 Å². The standard InChI is InChI=1S/C26H32N2OS.2ClH/c1-17(2)14-23-21(15-27)26(20-12-10-18(3)11-13-20)22(19(4)28-23)16-29-24-8-6-7-9-25(24)30-5;;/h6-13,17H,14-16,27H2,1-5H3;2*1H. The van der Waals surface area contributed by atoms with E-state index >= 15 is 0 Å². The molecule has 0 unspecified atom stereocenters. The van der Waals surface area contributed by atoms with E-state index in [0.717, 1.165) is 39.6 Å². The summed E-state index contributed by atoms with van der Waals surface area (Å²) in [6.07, 6.45) is 2.99. The van der Waals surface area contributed by atoms with E-state index in [9.17, 15) is 0 Å². The number of hydrogen-bond donors (Lipinski definition) is 1. The number of rotatable bonds is 8. The van der Waals surface area contributed by atoms with Crippen molar-refractivity contribution in [2.75, 3.05) is 6.26 Å². The van der Waals surface area contributed by atoms with Crippen molar-refractivity contribution in [1.82, 2.24) is 4.98 Å². The van der Waals surface area contributed by atoms with Crippen LogP contribution in [0.15, 0.2) is 53.4 Å². The Hall–Kier alpha value is -1.72. The molecule has 0 atom stereocenters. The van der Waals surface area contributed by atoms with E-state index < -0.39 is 0 Å². The summed E-state index contributed by atoms with van der Waals surface area (Å²) in [5, 5.41) is 0. The lowest BCUT2D eigenvalue weighted by Crippen LogP contribution is -2.14. The first-order valence-electron chi connectivity index (χ1n) is 10.5. The predicted octanol–water partition coefficient (Wildman–Crippen LogP) is 7.17. The normalized spacial score (nSPS) is 10.5. The molecule has 174 valence electrons. The summed E-state index contributed by atoms with van der Waals surface area (Å²) in [5.41, 5.74) is 14.2. The van der Waals surface area contributed by atoms with Crippen LogP contribution in [0.1, 0.15) is 41.9 Å². The number of pyridine rings is 1. The maximum absolute atomic E-state index is 6.30. The van der Waals surface area contributed by atoms with Gasteiger partial charge in [0.05, 0.1) is 0 Å². The molecule has 1 heterocycles. The summed E-state index contributed by atoms with van der Waals surface area (Å²) in [6.45, 7) is 9.57. The van der Waals surface area contributed by atoms with Crippen LogP contribution >= 0.6 is 36.6 Å². The van der Waals surface area contributed by atoms with E-state index in [1.807, 2.05) is 18.2 Å². The monoisotopic (exact) mass is 492 g/mol. The minimum Gasteiger partial charge on any atom is -0.488 e. The summed E-state index contributed by atoms with van der Waals surface area (Å²) in [7, 11) is 0. The summed E-state index contributed by atoms with van der Waals surface area (Å²) in [5.74, 6) is 1.42. The predicted molar refractivity (Wildman–Crippen MR) is 143 cm³/mol. The molecule has 0 saturated heterocycles. The van der Waals surface area contributed by atoms with Crippen LogP contribution in [0.3, 0.4) is 0 Å². The molecule has 1 aromatic heterocycles. The summed E-state index contributed by atoms with van der Waals surface area (Å²) in [4.78, 5) is 6.11. The molecule has 3 nitrogen and oxygen atoms in total. The molecule has 6 heteroatoms. The lowest BCUT2D eigenvalue weighted by Gasteiger charge is -2.21. The zero-order valence-electron chi connectivity index (χ0n) is 19.5. The van der Waals surface area contributed by atoms with Gasteiger partial charge in [-0.15, -0.1) is 36.6 Å². The lowest BCUT2D eigenvalue weighted by molar-refractivity contribution is 0.298. The molecular formula is C26H34Cl2N2OS. The van der Waals surface area contributed by atoms with Gasteiger partial charge in [0.15, 0.2) is 0 Å². The van der Waals surface area contributed by atoms with E-state index in [-0.39, 0.29) is 24.8 Å². The number of benzene rings is 2. The number of para-hydroxylation sites is 1. The molecule has 0 bridgehead atoms. The highest BCUT2D eigenvalue weighted by molar-refractivity contribution is 7.98. The van der Waals surface area contributed by atoms with Crippen molar-refractivity contribution in [2.45, 2.75) is 52.2 Å². The van der Waals surface area contributed by atoms with E-state index in [0.29, 0.717) is 19.1 Å². The van der Waals surface area contributed by atoms with Gasteiger partial charge >= 0.3 is 0 Å². The Bertz CT molecular complexity index is 1010. The van der Waals surface area contributed by atoms with Crippen molar-refractivity contribution < 1.29 is 4.74 Å². The van der Waals surface area contributed by atoms with Crippen LogP contribution in [0.2, 0.25) is 0 Å². The van der Waals surface area contributed by atoms with Crippen LogP contribution in [-0.2, 0) is 19.6 Å². The van der Waals surface area contributed by atoms with Gasteiger partial charge in [0.1, 0.15) is 12.4 Å². The molecule has 3 aromatic rings. The Morgan fingerprint density at radius 3 is 2.22 bits per heavy atom. The van der Waals surface area contributed by atoms with Crippen molar-refractivity contribution in [3.8, 4) is 16.9 Å². The molecule has 0 saturated carbocycles. The molecule has 2 aromatic carbocycles. The molecule has 0 aliphatic rings. The maximum atomic E-state index is 6.30. The third-order valence-electron chi connectivity index (χ3n) is 5.28. The molecule has 0 radical (unpaired) electrons. The Kier molecular flexibility index (Phi) is 11.6. The van der Waals surface area contributed by atoms with Crippen LogP contribution in [0.5, 0.6) is 5.75 Å². The Morgan fingerprint density at radius 2 is 1.62 bits per heavy atom. The Labute approximate surface area is 209 Å². The largest absolute Gasteiger partial charge is 0.488 e. The van der Waals surface area contributed by atoms with Crippen molar-refractivity contribution in [3.05, 3.63) is 76.6 Å². The summed E-state index contributed by atoms with van der Waals surface area (Å²) < 4.78 is 6.30. The smallest absolute Gasteiger partial charge is 0.133 e. The third kappa shape index (κ3) is 6.64. The highest BCUT2D eigenvalue weighted by Gasteiger charge is 2.20. The number of nitrogens with zero attached hydrogens (tertiary/aromatic N) is 1. The van der Waals surface area contributed by atoms with Crippen LogP contribution < -0.4 is 10.5 Å². The number of aryl methyl sites for hydroxylation is 2. The van der Waals surface area contributed by atoms with Gasteiger partial charge in [-0.05, 0) is 61.3 Å². The van der Waals surface area contributed by atoms with Gasteiger partial charge in [-0.2, -0.15) is 0 Å². The van der Waals surface area contributed by atoms with Gasteiger partial charge in [-0.1, -0.05) is 55.8 Å². The SMILES string of the molecule is CSc1ccccc1OCc1c(C)nc(CC(C)C)c(CN)c1-c1ccc(C)cc1.Cl.Cl. The quantitative estimate of drug-likeness (QED) is 0.338. The van der Waals surface area contributed by atoms with Crippen molar-refractivity contribution in [2.24, 2.45) is 11.7 Å². The fourth-order valence-electron chi connectivity index (χ4n) is 3.75.